The van der Waals surface area contributed by atoms with E-state index in [1.165, 1.54) is 11.1 Å². The van der Waals surface area contributed by atoms with Crippen molar-refractivity contribution in [3.05, 3.63) is 59.2 Å². The molecule has 0 aromatic heterocycles. The van der Waals surface area contributed by atoms with E-state index in [9.17, 15) is 4.79 Å². The molecule has 2 aliphatic heterocycles. The van der Waals surface area contributed by atoms with Crippen LogP contribution in [0.25, 0.3) is 0 Å². The van der Waals surface area contributed by atoms with Gasteiger partial charge in [0.15, 0.2) is 11.5 Å². The Balaban J connectivity index is 1.44. The first-order valence-corrected chi connectivity index (χ1v) is 9.40. The molecular weight excluding hydrogens is 342 g/mol. The van der Waals surface area contributed by atoms with Crippen molar-refractivity contribution in [2.24, 2.45) is 5.92 Å². The zero-order valence-corrected chi connectivity index (χ0v) is 15.8. The monoisotopic (exact) mass is 367 g/mol. The predicted octanol–water partition coefficient (Wildman–Crippen LogP) is 3.02. The third-order valence-corrected chi connectivity index (χ3v) is 5.43. The van der Waals surface area contributed by atoms with Crippen LogP contribution in [0.15, 0.2) is 42.5 Å². The van der Waals surface area contributed by atoms with E-state index >= 15 is 0 Å². The van der Waals surface area contributed by atoms with Gasteiger partial charge in [-0.3, -0.25) is 4.79 Å². The highest BCUT2D eigenvalue weighted by atomic mass is 16.5. The van der Waals surface area contributed by atoms with E-state index in [0.717, 1.165) is 23.5 Å². The van der Waals surface area contributed by atoms with Gasteiger partial charge in [-0.05, 0) is 35.6 Å². The fourth-order valence-electron chi connectivity index (χ4n) is 3.99. The van der Waals surface area contributed by atoms with Gasteiger partial charge in [-0.2, -0.15) is 0 Å². The molecule has 2 aliphatic rings. The quantitative estimate of drug-likeness (QED) is 0.833. The van der Waals surface area contributed by atoms with E-state index in [2.05, 4.69) is 18.2 Å². The Morgan fingerprint density at radius 1 is 1.19 bits per heavy atom. The third kappa shape index (κ3) is 3.52. The number of fused-ring (bicyclic) bond motifs is 2. The maximum atomic E-state index is 13.0. The highest BCUT2D eigenvalue weighted by Gasteiger charge is 2.31. The minimum absolute atomic E-state index is 0.0687. The summed E-state index contributed by atoms with van der Waals surface area (Å²) < 4.78 is 17.2. The highest BCUT2D eigenvalue weighted by molar-refractivity contribution is 5.79. The number of rotatable bonds is 4. The van der Waals surface area contributed by atoms with Crippen molar-refractivity contribution in [1.29, 1.82) is 0 Å². The van der Waals surface area contributed by atoms with E-state index in [1.807, 2.05) is 31.3 Å². The minimum Gasteiger partial charge on any atom is -0.493 e. The second-order valence-corrected chi connectivity index (χ2v) is 7.19. The van der Waals surface area contributed by atoms with E-state index in [1.54, 1.807) is 12.0 Å². The Labute approximate surface area is 159 Å². The molecule has 2 aromatic rings. The molecule has 4 rings (SSSR count). The standard InChI is InChI=1S/C22H25NO4/c1-23(13-20-18-8-4-3-6-15(18)10-11-26-20)22(24)17-12-16-7-5-9-19(25-2)21(16)27-14-17/h3-9,17,20H,10-14H2,1-2H3/t17-,20-/m0/s1. The van der Waals surface area contributed by atoms with Crippen LogP contribution in [0.4, 0.5) is 0 Å². The Morgan fingerprint density at radius 3 is 2.85 bits per heavy atom. The van der Waals surface area contributed by atoms with Gasteiger partial charge in [-0.25, -0.2) is 0 Å². The first kappa shape index (κ1) is 17.9. The van der Waals surface area contributed by atoms with Crippen molar-refractivity contribution >= 4 is 5.91 Å². The molecule has 0 saturated heterocycles. The van der Waals surface area contributed by atoms with Crippen LogP contribution in [0.2, 0.25) is 0 Å². The Morgan fingerprint density at radius 2 is 2.00 bits per heavy atom. The predicted molar refractivity (Wildman–Crippen MR) is 102 cm³/mol. The van der Waals surface area contributed by atoms with Gasteiger partial charge >= 0.3 is 0 Å². The first-order chi connectivity index (χ1) is 13.2. The van der Waals surface area contributed by atoms with E-state index in [4.69, 9.17) is 14.2 Å². The molecule has 2 atom stereocenters. The summed E-state index contributed by atoms with van der Waals surface area (Å²) >= 11 is 0. The minimum atomic E-state index is -0.187. The zero-order chi connectivity index (χ0) is 18.8. The molecular formula is C22H25NO4. The van der Waals surface area contributed by atoms with Gasteiger partial charge < -0.3 is 19.1 Å². The van der Waals surface area contributed by atoms with Crippen molar-refractivity contribution in [3.63, 3.8) is 0 Å². The van der Waals surface area contributed by atoms with Crippen LogP contribution >= 0.6 is 0 Å². The number of hydrogen-bond donors (Lipinski definition) is 0. The van der Waals surface area contributed by atoms with Crippen molar-refractivity contribution in [1.82, 2.24) is 4.90 Å². The number of ether oxygens (including phenoxy) is 3. The summed E-state index contributed by atoms with van der Waals surface area (Å²) in [6.45, 7) is 1.62. The average molecular weight is 367 g/mol. The van der Waals surface area contributed by atoms with Gasteiger partial charge in [-0.15, -0.1) is 0 Å². The smallest absolute Gasteiger partial charge is 0.229 e. The molecule has 1 amide bonds. The lowest BCUT2D eigenvalue weighted by molar-refractivity contribution is -0.137. The normalized spacial score (nSPS) is 20.8. The molecule has 0 bridgehead atoms. The number of carbonyl (C=O) groups excluding carboxylic acids is 1. The second-order valence-electron chi connectivity index (χ2n) is 7.19. The molecule has 0 fully saturated rings. The average Bonchev–Trinajstić information content (AvgIpc) is 2.72. The van der Waals surface area contributed by atoms with Crippen molar-refractivity contribution in [3.8, 4) is 11.5 Å². The summed E-state index contributed by atoms with van der Waals surface area (Å²) in [7, 11) is 3.48. The number of para-hydroxylation sites is 1. The Bertz CT molecular complexity index is 835. The van der Waals surface area contributed by atoms with Gasteiger partial charge in [0.05, 0.1) is 26.2 Å². The van der Waals surface area contributed by atoms with Gasteiger partial charge in [-0.1, -0.05) is 36.4 Å². The summed E-state index contributed by atoms with van der Waals surface area (Å²) in [6.07, 6.45) is 1.53. The highest BCUT2D eigenvalue weighted by Crippen LogP contribution is 2.36. The summed E-state index contributed by atoms with van der Waals surface area (Å²) in [5.74, 6) is 1.39. The number of amides is 1. The molecule has 0 N–H and O–H groups in total. The lowest BCUT2D eigenvalue weighted by Gasteiger charge is -2.32. The van der Waals surface area contributed by atoms with Gasteiger partial charge in [0.2, 0.25) is 5.91 Å². The number of methoxy groups -OCH3 is 1. The molecule has 0 saturated carbocycles. The number of likely N-dealkylation sites (N-methyl/N-ethyl adjacent to an activating group) is 1. The van der Waals surface area contributed by atoms with Crippen LogP contribution in [-0.4, -0.2) is 44.7 Å². The topological polar surface area (TPSA) is 48.0 Å². The van der Waals surface area contributed by atoms with Crippen LogP contribution in [0.5, 0.6) is 11.5 Å². The lowest BCUT2D eigenvalue weighted by Crippen LogP contribution is -2.41. The summed E-state index contributed by atoms with van der Waals surface area (Å²) in [5, 5.41) is 0. The second kappa shape index (κ2) is 7.61. The van der Waals surface area contributed by atoms with Crippen molar-refractivity contribution < 1.29 is 19.0 Å². The maximum Gasteiger partial charge on any atom is 0.229 e. The largest absolute Gasteiger partial charge is 0.493 e. The maximum absolute atomic E-state index is 13.0. The molecule has 142 valence electrons. The number of nitrogens with zero attached hydrogens (tertiary/aromatic N) is 1. The summed E-state index contributed by atoms with van der Waals surface area (Å²) in [6, 6.07) is 14.1. The molecule has 2 aromatic carbocycles. The van der Waals surface area contributed by atoms with Crippen LogP contribution in [-0.2, 0) is 22.4 Å². The van der Waals surface area contributed by atoms with Gasteiger partial charge in [0.25, 0.3) is 0 Å². The molecule has 0 unspecified atom stereocenters. The van der Waals surface area contributed by atoms with E-state index in [-0.39, 0.29) is 17.9 Å². The van der Waals surface area contributed by atoms with Gasteiger partial charge in [0.1, 0.15) is 12.7 Å². The molecule has 0 aliphatic carbocycles. The van der Waals surface area contributed by atoms with Crippen molar-refractivity contribution in [2.45, 2.75) is 18.9 Å². The molecule has 0 radical (unpaired) electrons. The summed E-state index contributed by atoms with van der Waals surface area (Å²) in [4.78, 5) is 14.8. The fraction of sp³-hybridized carbons (Fsp3) is 0.409. The molecule has 2 heterocycles. The van der Waals surface area contributed by atoms with Crippen LogP contribution in [0.3, 0.4) is 0 Å². The lowest BCUT2D eigenvalue weighted by atomic mass is 9.94. The zero-order valence-electron chi connectivity index (χ0n) is 15.8. The number of hydrogen-bond acceptors (Lipinski definition) is 4. The van der Waals surface area contributed by atoms with E-state index in [0.29, 0.717) is 26.2 Å². The molecule has 5 nitrogen and oxygen atoms in total. The fourth-order valence-corrected chi connectivity index (χ4v) is 3.99. The Kier molecular flexibility index (Phi) is 5.03. The molecule has 27 heavy (non-hydrogen) atoms. The van der Waals surface area contributed by atoms with E-state index < -0.39 is 0 Å². The Hall–Kier alpha value is -2.53. The first-order valence-electron chi connectivity index (χ1n) is 9.40. The van der Waals surface area contributed by atoms with Crippen molar-refractivity contribution in [2.75, 3.05) is 33.9 Å². The molecule has 0 spiro atoms. The van der Waals surface area contributed by atoms with Crippen LogP contribution < -0.4 is 9.47 Å². The number of benzene rings is 2. The van der Waals surface area contributed by atoms with Crippen LogP contribution in [0.1, 0.15) is 22.8 Å². The SMILES string of the molecule is COc1cccc2c1OC[C@@H](C(=O)N(C)C[C@@H]1OCCc3ccccc31)C2. The summed E-state index contributed by atoms with van der Waals surface area (Å²) in [5.41, 5.74) is 3.53. The van der Waals surface area contributed by atoms with Gasteiger partial charge in [0, 0.05) is 7.05 Å². The molecule has 5 heteroatoms. The third-order valence-electron chi connectivity index (χ3n) is 5.43. The van der Waals surface area contributed by atoms with Crippen LogP contribution in [0, 0.1) is 5.92 Å². The number of carbonyl (C=O) groups is 1.